The number of nitrogens with one attached hydrogen (secondary N) is 1. The van der Waals surface area contributed by atoms with Crippen LogP contribution in [0.25, 0.3) is 0 Å². The Kier molecular flexibility index (Phi) is 10.2. The highest BCUT2D eigenvalue weighted by Crippen LogP contribution is 2.28. The van der Waals surface area contributed by atoms with Gasteiger partial charge in [0.05, 0.1) is 10.6 Å². The lowest BCUT2D eigenvalue weighted by atomic mass is 10.1. The van der Waals surface area contributed by atoms with Crippen LogP contribution < -0.4 is 9.62 Å². The average Bonchev–Trinajstić information content (AvgIpc) is 2.91. The van der Waals surface area contributed by atoms with E-state index in [0.717, 1.165) is 21.9 Å². The van der Waals surface area contributed by atoms with Gasteiger partial charge in [0.15, 0.2) is 0 Å². The molecular formula is C30H36ClN3O4S. The number of nitrogens with zero attached hydrogens (tertiary/aromatic N) is 2. The van der Waals surface area contributed by atoms with Gasteiger partial charge in [0.1, 0.15) is 12.6 Å². The maximum Gasteiger partial charge on any atom is 0.264 e. The van der Waals surface area contributed by atoms with E-state index in [1.165, 1.54) is 29.2 Å². The molecule has 0 saturated carbocycles. The molecule has 0 aromatic heterocycles. The lowest BCUT2D eigenvalue weighted by molar-refractivity contribution is -0.139. The standard InChI is InChI=1S/C30H36ClN3O4S/c1-6-23(4)32-30(36)24(5)33(19-25-13-9-7-11-21(25)2)29(35)20-34(28-14-10-8-12-22(28)3)39(37,38)27-17-15-26(31)16-18-27/h7-18,23-24H,6,19-20H2,1-5H3,(H,32,36)/t23-,24-/m1/s1. The van der Waals surface area contributed by atoms with E-state index in [1.54, 1.807) is 38.1 Å². The molecule has 0 aliphatic rings. The minimum absolute atomic E-state index is 0.0102. The van der Waals surface area contributed by atoms with Gasteiger partial charge in [-0.15, -0.1) is 0 Å². The number of hydrogen-bond acceptors (Lipinski definition) is 4. The van der Waals surface area contributed by atoms with Crippen molar-refractivity contribution >= 4 is 39.1 Å². The fraction of sp³-hybridized carbons (Fsp3) is 0.333. The van der Waals surface area contributed by atoms with Gasteiger partial charge in [-0.3, -0.25) is 13.9 Å². The number of anilines is 1. The van der Waals surface area contributed by atoms with E-state index in [-0.39, 0.29) is 23.4 Å². The van der Waals surface area contributed by atoms with Gasteiger partial charge in [0.2, 0.25) is 11.8 Å². The highest BCUT2D eigenvalue weighted by Gasteiger charge is 2.33. The summed E-state index contributed by atoms with van der Waals surface area (Å²) in [7, 11) is -4.15. The predicted octanol–water partition coefficient (Wildman–Crippen LogP) is 5.48. The Bertz CT molecular complexity index is 1410. The maximum absolute atomic E-state index is 14.0. The monoisotopic (exact) mass is 569 g/mol. The van der Waals surface area contributed by atoms with Gasteiger partial charge in [0, 0.05) is 17.6 Å². The highest BCUT2D eigenvalue weighted by atomic mass is 35.5. The molecule has 9 heteroatoms. The number of carbonyl (C=O) groups excluding carboxylic acids is 2. The molecule has 3 aromatic rings. The highest BCUT2D eigenvalue weighted by molar-refractivity contribution is 7.92. The minimum Gasteiger partial charge on any atom is -0.352 e. The SMILES string of the molecule is CC[C@@H](C)NC(=O)[C@@H](C)N(Cc1ccccc1C)C(=O)CN(c1ccccc1C)S(=O)(=O)c1ccc(Cl)cc1. The second kappa shape index (κ2) is 13.1. The molecule has 2 amide bonds. The molecule has 2 atom stereocenters. The third-order valence-electron chi connectivity index (χ3n) is 6.83. The van der Waals surface area contributed by atoms with Crippen molar-refractivity contribution in [3.05, 3.63) is 94.5 Å². The predicted molar refractivity (Wildman–Crippen MR) is 156 cm³/mol. The first-order valence-electron chi connectivity index (χ1n) is 12.9. The first-order chi connectivity index (χ1) is 18.4. The zero-order valence-corrected chi connectivity index (χ0v) is 24.6. The molecule has 0 aliphatic heterocycles. The molecule has 0 radical (unpaired) electrons. The third-order valence-corrected chi connectivity index (χ3v) is 8.86. The van der Waals surface area contributed by atoms with Crippen molar-refractivity contribution in [2.24, 2.45) is 0 Å². The lowest BCUT2D eigenvalue weighted by Gasteiger charge is -2.33. The van der Waals surface area contributed by atoms with E-state index in [2.05, 4.69) is 5.32 Å². The molecule has 0 bridgehead atoms. The number of carbonyl (C=O) groups is 2. The largest absolute Gasteiger partial charge is 0.352 e. The van der Waals surface area contributed by atoms with Crippen molar-refractivity contribution in [1.82, 2.24) is 10.2 Å². The van der Waals surface area contributed by atoms with Crippen molar-refractivity contribution in [2.45, 2.75) is 64.6 Å². The summed E-state index contributed by atoms with van der Waals surface area (Å²) in [6, 6.07) is 19.5. The molecule has 7 nitrogen and oxygen atoms in total. The van der Waals surface area contributed by atoms with Crippen molar-refractivity contribution < 1.29 is 18.0 Å². The summed E-state index contributed by atoms with van der Waals surface area (Å²) in [4.78, 5) is 28.6. The minimum atomic E-state index is -4.15. The number of amides is 2. The Morgan fingerprint density at radius 1 is 0.897 bits per heavy atom. The Morgan fingerprint density at radius 3 is 2.08 bits per heavy atom. The molecule has 0 spiro atoms. The van der Waals surface area contributed by atoms with Gasteiger partial charge >= 0.3 is 0 Å². The second-order valence-electron chi connectivity index (χ2n) is 9.69. The number of para-hydroxylation sites is 1. The number of sulfonamides is 1. The molecule has 0 aliphatic carbocycles. The van der Waals surface area contributed by atoms with Crippen molar-refractivity contribution in [1.29, 1.82) is 0 Å². The summed E-state index contributed by atoms with van der Waals surface area (Å²) in [5.41, 5.74) is 2.91. The van der Waals surface area contributed by atoms with Gasteiger partial charge < -0.3 is 10.2 Å². The summed E-state index contributed by atoms with van der Waals surface area (Å²) < 4.78 is 28.9. The first-order valence-corrected chi connectivity index (χ1v) is 14.8. The topological polar surface area (TPSA) is 86.8 Å². The van der Waals surface area contributed by atoms with E-state index in [1.807, 2.05) is 45.0 Å². The smallest absolute Gasteiger partial charge is 0.264 e. The lowest BCUT2D eigenvalue weighted by Crippen LogP contribution is -2.52. The molecule has 0 saturated heterocycles. The number of benzene rings is 3. The summed E-state index contributed by atoms with van der Waals surface area (Å²) >= 11 is 6.00. The maximum atomic E-state index is 14.0. The van der Waals surface area contributed by atoms with Crippen LogP contribution in [0.3, 0.4) is 0 Å². The van der Waals surface area contributed by atoms with Crippen LogP contribution in [0.1, 0.15) is 43.9 Å². The number of halogens is 1. The fourth-order valence-electron chi connectivity index (χ4n) is 4.11. The van der Waals surface area contributed by atoms with Crippen LogP contribution in [0.5, 0.6) is 0 Å². The summed E-state index contributed by atoms with van der Waals surface area (Å²) in [6.45, 7) is 8.93. The van der Waals surface area contributed by atoms with E-state index in [0.29, 0.717) is 16.3 Å². The van der Waals surface area contributed by atoms with Crippen molar-refractivity contribution in [2.75, 3.05) is 10.8 Å². The number of rotatable bonds is 11. The zero-order valence-electron chi connectivity index (χ0n) is 23.0. The first kappa shape index (κ1) is 30.2. The quantitative estimate of drug-likeness (QED) is 0.331. The van der Waals surface area contributed by atoms with Crippen LogP contribution in [0.4, 0.5) is 5.69 Å². The van der Waals surface area contributed by atoms with E-state index >= 15 is 0 Å². The van der Waals surface area contributed by atoms with E-state index < -0.39 is 28.5 Å². The van der Waals surface area contributed by atoms with Gasteiger partial charge in [-0.05, 0) is 81.1 Å². The van der Waals surface area contributed by atoms with Gasteiger partial charge in [-0.2, -0.15) is 0 Å². The molecule has 39 heavy (non-hydrogen) atoms. The number of hydrogen-bond donors (Lipinski definition) is 1. The van der Waals surface area contributed by atoms with Crippen LogP contribution in [0.15, 0.2) is 77.7 Å². The molecule has 1 N–H and O–H groups in total. The van der Waals surface area contributed by atoms with Crippen LogP contribution in [-0.4, -0.2) is 43.8 Å². The fourth-order valence-corrected chi connectivity index (χ4v) is 5.71. The van der Waals surface area contributed by atoms with Crippen molar-refractivity contribution in [3.8, 4) is 0 Å². The second-order valence-corrected chi connectivity index (χ2v) is 12.0. The van der Waals surface area contributed by atoms with Gasteiger partial charge in [0.25, 0.3) is 10.0 Å². The Balaban J connectivity index is 2.05. The summed E-state index contributed by atoms with van der Waals surface area (Å²) in [5.74, 6) is -0.792. The molecule has 0 heterocycles. The molecule has 208 valence electrons. The van der Waals surface area contributed by atoms with Crippen molar-refractivity contribution in [3.63, 3.8) is 0 Å². The molecule has 0 unspecified atom stereocenters. The van der Waals surface area contributed by atoms with Crippen LogP contribution >= 0.6 is 11.6 Å². The molecule has 3 aromatic carbocycles. The van der Waals surface area contributed by atoms with Gasteiger partial charge in [-0.1, -0.05) is 61.0 Å². The average molecular weight is 570 g/mol. The Morgan fingerprint density at radius 2 is 1.49 bits per heavy atom. The zero-order chi connectivity index (χ0) is 28.7. The normalized spacial score (nSPS) is 12.9. The van der Waals surface area contributed by atoms with E-state index in [4.69, 9.17) is 11.6 Å². The number of aryl methyl sites for hydroxylation is 2. The summed E-state index contributed by atoms with van der Waals surface area (Å²) in [6.07, 6.45) is 0.741. The summed E-state index contributed by atoms with van der Waals surface area (Å²) in [5, 5.41) is 3.34. The van der Waals surface area contributed by atoms with E-state index in [9.17, 15) is 18.0 Å². The Hall–Kier alpha value is -3.36. The molecular weight excluding hydrogens is 534 g/mol. The van der Waals surface area contributed by atoms with Crippen LogP contribution in [0.2, 0.25) is 5.02 Å². The molecule has 0 fully saturated rings. The third kappa shape index (κ3) is 7.40. The van der Waals surface area contributed by atoms with Crippen LogP contribution in [-0.2, 0) is 26.2 Å². The van der Waals surface area contributed by atoms with Crippen LogP contribution in [0, 0.1) is 13.8 Å². The Labute approximate surface area is 236 Å². The van der Waals surface area contributed by atoms with Gasteiger partial charge in [-0.25, -0.2) is 8.42 Å². The molecule has 3 rings (SSSR count).